The normalized spacial score (nSPS) is 10.7. The van der Waals surface area contributed by atoms with Crippen LogP contribution in [-0.2, 0) is 6.54 Å². The van der Waals surface area contributed by atoms with Crippen molar-refractivity contribution in [3.05, 3.63) is 84.3 Å². The second kappa shape index (κ2) is 9.71. The Bertz CT molecular complexity index is 857. The minimum Gasteiger partial charge on any atom is -0.439 e. The SMILES string of the molecule is I.NC(=NCc1ccc(Oc2cccc(F)c2)nc1)Nc1ccccc1. The highest BCUT2D eigenvalue weighted by molar-refractivity contribution is 14.0. The van der Waals surface area contributed by atoms with Crippen LogP contribution in [-0.4, -0.2) is 10.9 Å². The molecule has 2 aromatic carbocycles. The minimum atomic E-state index is -0.357. The third kappa shape index (κ3) is 5.99. The second-order valence-electron chi connectivity index (χ2n) is 5.26. The summed E-state index contributed by atoms with van der Waals surface area (Å²) in [5.41, 5.74) is 7.61. The number of para-hydroxylation sites is 1. The van der Waals surface area contributed by atoms with Gasteiger partial charge in [0.05, 0.1) is 6.54 Å². The van der Waals surface area contributed by atoms with Gasteiger partial charge in [-0.2, -0.15) is 0 Å². The fourth-order valence-corrected chi connectivity index (χ4v) is 2.10. The molecule has 3 aromatic rings. The number of benzene rings is 2. The van der Waals surface area contributed by atoms with E-state index in [1.807, 2.05) is 36.4 Å². The van der Waals surface area contributed by atoms with Crippen molar-refractivity contribution in [2.24, 2.45) is 10.7 Å². The number of guanidine groups is 1. The van der Waals surface area contributed by atoms with Gasteiger partial charge in [-0.15, -0.1) is 24.0 Å². The molecule has 0 saturated carbocycles. The maximum atomic E-state index is 13.1. The molecule has 26 heavy (non-hydrogen) atoms. The zero-order chi connectivity index (χ0) is 17.5. The number of halogens is 2. The van der Waals surface area contributed by atoms with Gasteiger partial charge in [0.15, 0.2) is 5.96 Å². The first-order valence-electron chi connectivity index (χ1n) is 7.69. The number of anilines is 1. The lowest BCUT2D eigenvalue weighted by Gasteiger charge is -2.06. The van der Waals surface area contributed by atoms with Crippen molar-refractivity contribution in [2.75, 3.05) is 5.32 Å². The highest BCUT2D eigenvalue weighted by Crippen LogP contribution is 2.20. The van der Waals surface area contributed by atoms with E-state index in [1.165, 1.54) is 12.1 Å². The smallest absolute Gasteiger partial charge is 0.219 e. The van der Waals surface area contributed by atoms with Crippen LogP contribution in [0.5, 0.6) is 11.6 Å². The van der Waals surface area contributed by atoms with Crippen molar-refractivity contribution in [3.63, 3.8) is 0 Å². The molecule has 0 fully saturated rings. The molecule has 3 N–H and O–H groups in total. The van der Waals surface area contributed by atoms with Crippen molar-refractivity contribution >= 4 is 35.6 Å². The van der Waals surface area contributed by atoms with E-state index in [9.17, 15) is 4.39 Å². The molecule has 0 bridgehead atoms. The van der Waals surface area contributed by atoms with Crippen LogP contribution in [0.2, 0.25) is 0 Å². The molecule has 0 aliphatic carbocycles. The monoisotopic (exact) mass is 464 g/mol. The fraction of sp³-hybridized carbons (Fsp3) is 0.0526. The molecule has 0 unspecified atom stereocenters. The van der Waals surface area contributed by atoms with E-state index >= 15 is 0 Å². The van der Waals surface area contributed by atoms with Crippen LogP contribution in [0.3, 0.4) is 0 Å². The number of aliphatic imine (C=N–C) groups is 1. The van der Waals surface area contributed by atoms with Gasteiger partial charge in [0.1, 0.15) is 11.6 Å². The standard InChI is InChI=1S/C19H17FN4O.HI/c20-15-5-4-8-17(11-15)25-18-10-9-14(12-22-18)13-23-19(21)24-16-6-2-1-3-7-16;/h1-12H,13H2,(H3,21,23,24);1H. The van der Waals surface area contributed by atoms with E-state index in [0.29, 0.717) is 24.1 Å². The summed E-state index contributed by atoms with van der Waals surface area (Å²) in [4.78, 5) is 8.46. The molecule has 5 nitrogen and oxygen atoms in total. The lowest BCUT2D eigenvalue weighted by Crippen LogP contribution is -2.22. The van der Waals surface area contributed by atoms with Gasteiger partial charge in [0.25, 0.3) is 0 Å². The first-order chi connectivity index (χ1) is 12.2. The number of rotatable bonds is 5. The fourth-order valence-electron chi connectivity index (χ4n) is 2.10. The van der Waals surface area contributed by atoms with Crippen LogP contribution >= 0.6 is 24.0 Å². The number of aromatic nitrogens is 1. The Hall–Kier alpha value is -2.68. The van der Waals surface area contributed by atoms with Gasteiger partial charge in [-0.3, -0.25) is 0 Å². The molecule has 0 aliphatic heterocycles. The number of nitrogens with one attached hydrogen (secondary N) is 1. The van der Waals surface area contributed by atoms with E-state index < -0.39 is 0 Å². The molecular weight excluding hydrogens is 446 g/mol. The highest BCUT2D eigenvalue weighted by atomic mass is 127. The predicted octanol–water partition coefficient (Wildman–Crippen LogP) is 4.56. The summed E-state index contributed by atoms with van der Waals surface area (Å²) in [6, 6.07) is 19.0. The van der Waals surface area contributed by atoms with Gasteiger partial charge in [-0.25, -0.2) is 14.4 Å². The Labute approximate surface area is 168 Å². The Balaban J connectivity index is 0.00000243. The van der Waals surface area contributed by atoms with Crippen molar-refractivity contribution in [1.82, 2.24) is 4.98 Å². The summed E-state index contributed by atoms with van der Waals surface area (Å²) in [6.45, 7) is 0.388. The molecule has 0 spiro atoms. The van der Waals surface area contributed by atoms with Gasteiger partial charge in [0, 0.05) is 24.0 Å². The van der Waals surface area contributed by atoms with Crippen LogP contribution in [0.25, 0.3) is 0 Å². The van der Waals surface area contributed by atoms with Crippen molar-refractivity contribution < 1.29 is 9.13 Å². The van der Waals surface area contributed by atoms with E-state index in [4.69, 9.17) is 10.5 Å². The number of nitrogens with zero attached hydrogens (tertiary/aromatic N) is 2. The Kier molecular flexibility index (Phi) is 7.34. The van der Waals surface area contributed by atoms with Crippen molar-refractivity contribution in [1.29, 1.82) is 0 Å². The first kappa shape index (κ1) is 19.6. The number of nitrogens with two attached hydrogens (primary N) is 1. The van der Waals surface area contributed by atoms with E-state index in [-0.39, 0.29) is 29.8 Å². The van der Waals surface area contributed by atoms with Gasteiger partial charge >= 0.3 is 0 Å². The third-order valence-corrected chi connectivity index (χ3v) is 3.29. The van der Waals surface area contributed by atoms with Crippen LogP contribution in [0.1, 0.15) is 5.56 Å². The van der Waals surface area contributed by atoms with E-state index in [1.54, 1.807) is 24.4 Å². The predicted molar refractivity (Wildman–Crippen MR) is 112 cm³/mol. The van der Waals surface area contributed by atoms with Crippen LogP contribution in [0.15, 0.2) is 77.9 Å². The molecule has 3 rings (SSSR count). The third-order valence-electron chi connectivity index (χ3n) is 3.29. The summed E-state index contributed by atoms with van der Waals surface area (Å²) in [5.74, 6) is 0.749. The Morgan fingerprint density at radius 2 is 1.88 bits per heavy atom. The molecule has 1 heterocycles. The number of hydrogen-bond acceptors (Lipinski definition) is 3. The summed E-state index contributed by atoms with van der Waals surface area (Å²) in [5, 5.41) is 3.01. The molecule has 0 aliphatic rings. The lowest BCUT2D eigenvalue weighted by atomic mass is 10.3. The summed E-state index contributed by atoms with van der Waals surface area (Å²) in [7, 11) is 0. The average molecular weight is 464 g/mol. The molecule has 7 heteroatoms. The molecule has 134 valence electrons. The van der Waals surface area contributed by atoms with Gasteiger partial charge in [-0.05, 0) is 29.8 Å². The number of pyridine rings is 1. The highest BCUT2D eigenvalue weighted by Gasteiger charge is 2.01. The van der Waals surface area contributed by atoms with Crippen molar-refractivity contribution in [2.45, 2.75) is 6.54 Å². The molecule has 0 radical (unpaired) electrons. The lowest BCUT2D eigenvalue weighted by molar-refractivity contribution is 0.457. The molecule has 0 saturated heterocycles. The number of hydrogen-bond donors (Lipinski definition) is 2. The van der Waals surface area contributed by atoms with Crippen molar-refractivity contribution in [3.8, 4) is 11.6 Å². The number of ether oxygens (including phenoxy) is 1. The van der Waals surface area contributed by atoms with Crippen LogP contribution in [0, 0.1) is 5.82 Å². The van der Waals surface area contributed by atoms with Gasteiger partial charge in [0.2, 0.25) is 5.88 Å². The van der Waals surface area contributed by atoms with E-state index in [2.05, 4.69) is 15.3 Å². The molecule has 1 aromatic heterocycles. The second-order valence-corrected chi connectivity index (χ2v) is 5.26. The van der Waals surface area contributed by atoms with E-state index in [0.717, 1.165) is 11.3 Å². The van der Waals surface area contributed by atoms with Gasteiger partial charge in [-0.1, -0.05) is 30.3 Å². The van der Waals surface area contributed by atoms with Crippen LogP contribution in [0.4, 0.5) is 10.1 Å². The average Bonchev–Trinajstić information content (AvgIpc) is 2.62. The quantitative estimate of drug-likeness (QED) is 0.330. The summed E-state index contributed by atoms with van der Waals surface area (Å²) >= 11 is 0. The summed E-state index contributed by atoms with van der Waals surface area (Å²) < 4.78 is 18.6. The Morgan fingerprint density at radius 3 is 2.58 bits per heavy atom. The maximum absolute atomic E-state index is 13.1. The maximum Gasteiger partial charge on any atom is 0.219 e. The largest absolute Gasteiger partial charge is 0.439 e. The molecular formula is C19H18FIN4O. The topological polar surface area (TPSA) is 72.5 Å². The van der Waals surface area contributed by atoms with Crippen LogP contribution < -0.4 is 15.8 Å². The first-order valence-corrected chi connectivity index (χ1v) is 7.69. The minimum absolute atomic E-state index is 0. The molecule has 0 amide bonds. The van der Waals surface area contributed by atoms with Gasteiger partial charge < -0.3 is 15.8 Å². The Morgan fingerprint density at radius 1 is 1.08 bits per heavy atom. The zero-order valence-corrected chi connectivity index (χ0v) is 16.1. The molecule has 0 atom stereocenters. The zero-order valence-electron chi connectivity index (χ0n) is 13.8. The summed E-state index contributed by atoms with van der Waals surface area (Å²) in [6.07, 6.45) is 1.65.